The lowest BCUT2D eigenvalue weighted by Crippen LogP contribution is -2.00. The van der Waals surface area contributed by atoms with Crippen molar-refractivity contribution in [3.05, 3.63) is 63.6 Å². The van der Waals surface area contributed by atoms with E-state index in [4.69, 9.17) is 16.3 Å². The minimum Gasteiger partial charge on any atom is -0.488 e. The van der Waals surface area contributed by atoms with Crippen LogP contribution < -0.4 is 4.74 Å². The summed E-state index contributed by atoms with van der Waals surface area (Å²) in [5, 5.41) is 0. The summed E-state index contributed by atoms with van der Waals surface area (Å²) in [6.07, 6.45) is 0. The average molecular weight is 348 g/mol. The molecule has 0 spiro atoms. The smallest absolute Gasteiger partial charge is 0.134 e. The maximum Gasteiger partial charge on any atom is 0.134 e. The summed E-state index contributed by atoms with van der Waals surface area (Å²) in [5.74, 6) is -0.0267. The summed E-state index contributed by atoms with van der Waals surface area (Å²) in [5.41, 5.74) is 1.12. The van der Waals surface area contributed by atoms with Gasteiger partial charge in [-0.2, -0.15) is 0 Å². The Morgan fingerprint density at radius 3 is 2.58 bits per heavy atom. The predicted molar refractivity (Wildman–Crippen MR) is 74.4 cm³/mol. The van der Waals surface area contributed by atoms with Crippen molar-refractivity contribution in [2.45, 2.75) is 12.5 Å². The first-order chi connectivity index (χ1) is 9.10. The van der Waals surface area contributed by atoms with Gasteiger partial charge in [0.2, 0.25) is 0 Å². The van der Waals surface area contributed by atoms with Gasteiger partial charge >= 0.3 is 0 Å². The molecule has 0 saturated heterocycles. The quantitative estimate of drug-likeness (QED) is 0.704. The third-order valence-corrected chi connectivity index (χ3v) is 3.47. The summed E-state index contributed by atoms with van der Waals surface area (Å²) < 4.78 is 32.6. The van der Waals surface area contributed by atoms with Gasteiger partial charge in [0.05, 0.1) is 4.47 Å². The van der Waals surface area contributed by atoms with Crippen LogP contribution in [0.15, 0.2) is 40.9 Å². The molecular formula is C14H10BrClF2O. The Balaban J connectivity index is 2.12. The molecule has 19 heavy (non-hydrogen) atoms. The lowest BCUT2D eigenvalue weighted by Gasteiger charge is -2.10. The minimum absolute atomic E-state index is 0.0393. The van der Waals surface area contributed by atoms with Crippen LogP contribution >= 0.6 is 27.5 Å². The van der Waals surface area contributed by atoms with E-state index in [1.54, 1.807) is 6.07 Å². The van der Waals surface area contributed by atoms with E-state index in [0.717, 1.165) is 28.2 Å². The van der Waals surface area contributed by atoms with Crippen LogP contribution in [-0.4, -0.2) is 0 Å². The molecule has 2 aromatic rings. The second-order valence-electron chi connectivity index (χ2n) is 3.92. The Bertz CT molecular complexity index is 590. The zero-order valence-corrected chi connectivity index (χ0v) is 12.1. The van der Waals surface area contributed by atoms with Crippen LogP contribution in [0.2, 0.25) is 0 Å². The van der Waals surface area contributed by atoms with E-state index in [2.05, 4.69) is 15.9 Å². The summed E-state index contributed by atoms with van der Waals surface area (Å²) in [4.78, 5) is 0. The number of hydrogen-bond acceptors (Lipinski definition) is 1. The molecule has 0 aromatic heterocycles. The molecule has 0 aliphatic carbocycles. The number of ether oxygens (including phenoxy) is 1. The lowest BCUT2D eigenvalue weighted by atomic mass is 10.2. The van der Waals surface area contributed by atoms with E-state index >= 15 is 0 Å². The van der Waals surface area contributed by atoms with Crippen molar-refractivity contribution in [3.63, 3.8) is 0 Å². The maximum absolute atomic E-state index is 13.4. The minimum atomic E-state index is -0.491. The fraction of sp³-hybridized carbons (Fsp3) is 0.143. The van der Waals surface area contributed by atoms with Crippen LogP contribution in [0.3, 0.4) is 0 Å². The van der Waals surface area contributed by atoms with Gasteiger partial charge in [0.15, 0.2) is 0 Å². The van der Waals surface area contributed by atoms with Crippen LogP contribution in [-0.2, 0) is 12.5 Å². The van der Waals surface area contributed by atoms with Crippen molar-refractivity contribution < 1.29 is 13.5 Å². The summed E-state index contributed by atoms with van der Waals surface area (Å²) >= 11 is 9.05. The topological polar surface area (TPSA) is 9.23 Å². The van der Waals surface area contributed by atoms with Crippen LogP contribution in [0.25, 0.3) is 0 Å². The average Bonchev–Trinajstić information content (AvgIpc) is 2.40. The fourth-order valence-corrected chi connectivity index (χ4v) is 2.26. The zero-order valence-electron chi connectivity index (χ0n) is 9.80. The third-order valence-electron chi connectivity index (χ3n) is 2.54. The highest BCUT2D eigenvalue weighted by atomic mass is 79.9. The molecule has 0 aliphatic heterocycles. The highest BCUT2D eigenvalue weighted by Crippen LogP contribution is 2.27. The van der Waals surface area contributed by atoms with Crippen molar-refractivity contribution in [2.75, 3.05) is 0 Å². The highest BCUT2D eigenvalue weighted by Gasteiger charge is 2.07. The highest BCUT2D eigenvalue weighted by molar-refractivity contribution is 9.10. The molecule has 0 heterocycles. The molecule has 0 atom stereocenters. The van der Waals surface area contributed by atoms with E-state index in [0.29, 0.717) is 11.6 Å². The van der Waals surface area contributed by atoms with Gasteiger partial charge in [-0.3, -0.25) is 0 Å². The first kappa shape index (κ1) is 14.3. The SMILES string of the molecule is Fc1ccc(F)c(COc2ccc(CCl)cc2Br)c1. The summed E-state index contributed by atoms with van der Waals surface area (Å²) in [6.45, 7) is -0.0393. The molecule has 0 N–H and O–H groups in total. The molecule has 5 heteroatoms. The molecule has 1 nitrogen and oxygen atoms in total. The standard InChI is InChI=1S/C14H10BrClF2O/c15-12-5-9(7-16)1-4-14(12)19-8-10-6-11(17)2-3-13(10)18/h1-6H,7-8H2. The fourth-order valence-electron chi connectivity index (χ4n) is 1.55. The van der Waals surface area contributed by atoms with Gasteiger partial charge in [0.25, 0.3) is 0 Å². The molecule has 0 fully saturated rings. The predicted octanol–water partition coefficient (Wildman–Crippen LogP) is 5.05. The number of hydrogen-bond donors (Lipinski definition) is 0. The van der Waals surface area contributed by atoms with E-state index in [1.165, 1.54) is 0 Å². The van der Waals surface area contributed by atoms with E-state index in [-0.39, 0.29) is 12.2 Å². The zero-order chi connectivity index (χ0) is 13.8. The Morgan fingerprint density at radius 2 is 1.89 bits per heavy atom. The lowest BCUT2D eigenvalue weighted by molar-refractivity contribution is 0.297. The van der Waals surface area contributed by atoms with Gasteiger partial charge in [-0.25, -0.2) is 8.78 Å². The van der Waals surface area contributed by atoms with E-state index in [1.807, 2.05) is 12.1 Å². The van der Waals surface area contributed by atoms with Crippen LogP contribution in [0, 0.1) is 11.6 Å². The van der Waals surface area contributed by atoms with Gasteiger partial charge in [-0.1, -0.05) is 6.07 Å². The molecule has 0 bridgehead atoms. The van der Waals surface area contributed by atoms with Crippen molar-refractivity contribution >= 4 is 27.5 Å². The molecule has 0 radical (unpaired) electrons. The number of rotatable bonds is 4. The molecule has 2 aromatic carbocycles. The second-order valence-corrected chi connectivity index (χ2v) is 5.04. The Morgan fingerprint density at radius 1 is 1.11 bits per heavy atom. The second kappa shape index (κ2) is 6.35. The van der Waals surface area contributed by atoms with Crippen molar-refractivity contribution in [1.82, 2.24) is 0 Å². The maximum atomic E-state index is 13.4. The molecule has 0 unspecified atom stereocenters. The number of alkyl halides is 1. The van der Waals surface area contributed by atoms with E-state index < -0.39 is 11.6 Å². The monoisotopic (exact) mass is 346 g/mol. The van der Waals surface area contributed by atoms with Crippen LogP contribution in [0.5, 0.6) is 5.75 Å². The van der Waals surface area contributed by atoms with Crippen molar-refractivity contribution in [2.24, 2.45) is 0 Å². The summed E-state index contributed by atoms with van der Waals surface area (Å²) in [6, 6.07) is 8.65. The Labute approximate surface area is 123 Å². The number of halogens is 4. The Kier molecular flexibility index (Phi) is 4.77. The Hall–Kier alpha value is -1.13. The summed E-state index contributed by atoms with van der Waals surface area (Å²) in [7, 11) is 0. The van der Waals surface area contributed by atoms with Gasteiger partial charge in [0.1, 0.15) is 24.0 Å². The number of benzene rings is 2. The van der Waals surface area contributed by atoms with Gasteiger partial charge in [-0.05, 0) is 51.8 Å². The molecule has 0 amide bonds. The molecule has 0 saturated carbocycles. The first-order valence-electron chi connectivity index (χ1n) is 5.51. The molecule has 100 valence electrons. The van der Waals surface area contributed by atoms with Crippen molar-refractivity contribution in [3.8, 4) is 5.75 Å². The van der Waals surface area contributed by atoms with Crippen LogP contribution in [0.4, 0.5) is 8.78 Å². The first-order valence-corrected chi connectivity index (χ1v) is 6.84. The third kappa shape index (κ3) is 3.67. The molecular weight excluding hydrogens is 338 g/mol. The van der Waals surface area contributed by atoms with Crippen molar-refractivity contribution in [1.29, 1.82) is 0 Å². The van der Waals surface area contributed by atoms with Crippen LogP contribution in [0.1, 0.15) is 11.1 Å². The molecule has 0 aliphatic rings. The van der Waals surface area contributed by atoms with Gasteiger partial charge in [0, 0.05) is 11.4 Å². The van der Waals surface area contributed by atoms with E-state index in [9.17, 15) is 8.78 Å². The molecule has 2 rings (SSSR count). The normalized spacial score (nSPS) is 10.5. The van der Waals surface area contributed by atoms with Gasteiger partial charge in [-0.15, -0.1) is 11.6 Å². The largest absolute Gasteiger partial charge is 0.488 e. The van der Waals surface area contributed by atoms with Gasteiger partial charge < -0.3 is 4.74 Å².